The fourth-order valence-electron chi connectivity index (χ4n) is 4.31. The molecular weight excluding hydrogens is 344 g/mol. The van der Waals surface area contributed by atoms with Crippen LogP contribution < -0.4 is 0 Å². The summed E-state index contributed by atoms with van der Waals surface area (Å²) in [5.41, 5.74) is 2.69. The van der Waals surface area contributed by atoms with Crippen LogP contribution in [0.3, 0.4) is 0 Å². The lowest BCUT2D eigenvalue weighted by atomic mass is 9.75. The molecule has 4 rings (SSSR count). The second-order valence-electron chi connectivity index (χ2n) is 7.90. The molecule has 0 aromatic carbocycles. The van der Waals surface area contributed by atoms with E-state index in [-0.39, 0.29) is 0 Å². The molecule has 4 heterocycles. The first-order valence-electron chi connectivity index (χ1n) is 9.44. The van der Waals surface area contributed by atoms with Gasteiger partial charge in [0.1, 0.15) is 5.01 Å². The molecular formula is C20H28N4OS. The van der Waals surface area contributed by atoms with Crippen molar-refractivity contribution < 1.29 is 4.74 Å². The quantitative estimate of drug-likeness (QED) is 0.780. The van der Waals surface area contributed by atoms with Gasteiger partial charge in [0.2, 0.25) is 0 Å². The lowest BCUT2D eigenvalue weighted by Gasteiger charge is -2.58. The molecule has 0 bridgehead atoms. The predicted octanol–water partition coefficient (Wildman–Crippen LogP) is 2.96. The summed E-state index contributed by atoms with van der Waals surface area (Å²) in [6, 6.07) is 4.06. The number of pyridine rings is 1. The summed E-state index contributed by atoms with van der Waals surface area (Å²) < 4.78 is 6.01. The highest BCUT2D eigenvalue weighted by Gasteiger charge is 2.49. The van der Waals surface area contributed by atoms with Crippen molar-refractivity contribution in [1.29, 1.82) is 0 Å². The standard InChI is InChI=1S/C20H28N4OS/c1-16-13-26-19(22-16)10-24-14-20(15-24)9-18(5-8-23(20)2)12-25-11-17-3-6-21-7-4-17/h3-4,6-7,13,18H,5,8-12,14-15H2,1-2H3/t18-/m0/s1. The molecule has 2 aliphatic rings. The van der Waals surface area contributed by atoms with Crippen molar-refractivity contribution in [3.8, 4) is 0 Å². The molecule has 0 N–H and O–H groups in total. The summed E-state index contributed by atoms with van der Waals surface area (Å²) in [5.74, 6) is 0.664. The second kappa shape index (κ2) is 7.72. The minimum absolute atomic E-state index is 0.343. The highest BCUT2D eigenvalue weighted by Crippen LogP contribution is 2.39. The van der Waals surface area contributed by atoms with Gasteiger partial charge in [0.05, 0.1) is 13.2 Å². The van der Waals surface area contributed by atoms with E-state index in [4.69, 9.17) is 4.74 Å². The van der Waals surface area contributed by atoms with Gasteiger partial charge in [-0.25, -0.2) is 4.98 Å². The zero-order chi connectivity index (χ0) is 18.0. The van der Waals surface area contributed by atoms with Crippen molar-refractivity contribution in [3.63, 3.8) is 0 Å². The summed E-state index contributed by atoms with van der Waals surface area (Å²) in [7, 11) is 2.29. The zero-order valence-corrected chi connectivity index (χ0v) is 16.5. The largest absolute Gasteiger partial charge is 0.376 e. The minimum Gasteiger partial charge on any atom is -0.376 e. The molecule has 0 aliphatic carbocycles. The number of rotatable bonds is 6. The summed E-state index contributed by atoms with van der Waals surface area (Å²) in [4.78, 5) is 13.8. The molecule has 1 spiro atoms. The third-order valence-electron chi connectivity index (χ3n) is 5.78. The molecule has 0 unspecified atom stereocenters. The van der Waals surface area contributed by atoms with E-state index >= 15 is 0 Å². The molecule has 0 saturated carbocycles. The number of hydrogen-bond acceptors (Lipinski definition) is 6. The molecule has 5 nitrogen and oxygen atoms in total. The summed E-state index contributed by atoms with van der Waals surface area (Å²) >= 11 is 1.78. The number of nitrogens with zero attached hydrogens (tertiary/aromatic N) is 4. The van der Waals surface area contributed by atoms with Gasteiger partial charge < -0.3 is 4.74 Å². The van der Waals surface area contributed by atoms with Crippen molar-refractivity contribution >= 4 is 11.3 Å². The van der Waals surface area contributed by atoms with Gasteiger partial charge in [-0.15, -0.1) is 11.3 Å². The Bertz CT molecular complexity index is 714. The SMILES string of the molecule is Cc1csc(CN2CC3(C[C@@H](COCc4ccncc4)CCN3C)C2)n1. The number of likely N-dealkylation sites (N-methyl/N-ethyl adjacent to an activating group) is 1. The molecule has 26 heavy (non-hydrogen) atoms. The van der Waals surface area contributed by atoms with E-state index in [9.17, 15) is 0 Å². The Kier molecular flexibility index (Phi) is 5.36. The number of thiazole rings is 1. The Hall–Kier alpha value is -1.34. The fraction of sp³-hybridized carbons (Fsp3) is 0.600. The van der Waals surface area contributed by atoms with Crippen molar-refractivity contribution in [3.05, 3.63) is 46.2 Å². The monoisotopic (exact) mass is 372 g/mol. The third kappa shape index (κ3) is 3.98. The molecule has 2 aromatic heterocycles. The van der Waals surface area contributed by atoms with Crippen LogP contribution in [0.1, 0.15) is 29.1 Å². The van der Waals surface area contributed by atoms with Gasteiger partial charge in [-0.05, 0) is 57.0 Å². The normalized spacial score (nSPS) is 23.2. The maximum Gasteiger partial charge on any atom is 0.107 e. The second-order valence-corrected chi connectivity index (χ2v) is 8.85. The van der Waals surface area contributed by atoms with Gasteiger partial charge in [-0.2, -0.15) is 0 Å². The van der Waals surface area contributed by atoms with Gasteiger partial charge in [0, 0.05) is 48.7 Å². The van der Waals surface area contributed by atoms with Crippen molar-refractivity contribution in [2.75, 3.05) is 33.3 Å². The lowest BCUT2D eigenvalue weighted by molar-refractivity contribution is -0.0935. The van der Waals surface area contributed by atoms with Gasteiger partial charge >= 0.3 is 0 Å². The van der Waals surface area contributed by atoms with Gasteiger partial charge in [-0.3, -0.25) is 14.8 Å². The third-order valence-corrected chi connectivity index (χ3v) is 6.74. The Balaban J connectivity index is 1.26. The maximum atomic E-state index is 6.01. The summed E-state index contributed by atoms with van der Waals surface area (Å²) in [6.07, 6.45) is 6.14. The molecule has 0 radical (unpaired) electrons. The lowest BCUT2D eigenvalue weighted by Crippen LogP contribution is -2.71. The zero-order valence-electron chi connectivity index (χ0n) is 15.7. The van der Waals surface area contributed by atoms with E-state index in [1.165, 1.54) is 30.0 Å². The first-order chi connectivity index (χ1) is 12.6. The van der Waals surface area contributed by atoms with Crippen LogP contribution in [0.15, 0.2) is 29.9 Å². The molecule has 2 fully saturated rings. The van der Waals surface area contributed by atoms with Gasteiger partial charge in [-0.1, -0.05) is 0 Å². The highest BCUT2D eigenvalue weighted by molar-refractivity contribution is 7.09. The van der Waals surface area contributed by atoms with Crippen LogP contribution in [0.5, 0.6) is 0 Å². The first kappa shape index (κ1) is 18.0. The van der Waals surface area contributed by atoms with Crippen LogP contribution in [-0.4, -0.2) is 58.6 Å². The number of hydrogen-bond donors (Lipinski definition) is 0. The fourth-order valence-corrected chi connectivity index (χ4v) is 5.12. The Morgan fingerprint density at radius 3 is 2.85 bits per heavy atom. The molecule has 6 heteroatoms. The molecule has 1 atom stereocenters. The number of piperidine rings is 1. The average molecular weight is 373 g/mol. The van der Waals surface area contributed by atoms with Crippen LogP contribution in [0.2, 0.25) is 0 Å². The van der Waals surface area contributed by atoms with E-state index in [2.05, 4.69) is 39.1 Å². The maximum absolute atomic E-state index is 6.01. The van der Waals surface area contributed by atoms with Crippen LogP contribution >= 0.6 is 11.3 Å². The molecule has 0 amide bonds. The average Bonchev–Trinajstić information content (AvgIpc) is 3.02. The topological polar surface area (TPSA) is 41.5 Å². The number of likely N-dealkylation sites (tertiary alicyclic amines) is 2. The van der Waals surface area contributed by atoms with E-state index in [0.717, 1.165) is 31.9 Å². The van der Waals surface area contributed by atoms with Crippen molar-refractivity contribution in [1.82, 2.24) is 19.8 Å². The summed E-state index contributed by atoms with van der Waals surface area (Å²) in [5, 5.41) is 3.39. The van der Waals surface area contributed by atoms with Gasteiger partial charge in [0.15, 0.2) is 0 Å². The predicted molar refractivity (Wildman–Crippen MR) is 104 cm³/mol. The molecule has 140 valence electrons. The Labute approximate surface area is 160 Å². The van der Waals surface area contributed by atoms with E-state index in [1.54, 1.807) is 11.3 Å². The minimum atomic E-state index is 0.343. The van der Waals surface area contributed by atoms with Gasteiger partial charge in [0.25, 0.3) is 0 Å². The Morgan fingerprint density at radius 2 is 2.12 bits per heavy atom. The van der Waals surface area contributed by atoms with E-state index in [0.29, 0.717) is 18.1 Å². The van der Waals surface area contributed by atoms with Crippen molar-refractivity contribution in [2.45, 2.75) is 38.5 Å². The van der Waals surface area contributed by atoms with Crippen LogP contribution in [-0.2, 0) is 17.9 Å². The molecule has 2 aromatic rings. The first-order valence-corrected chi connectivity index (χ1v) is 10.3. The molecule has 2 saturated heterocycles. The summed E-state index contributed by atoms with van der Waals surface area (Å²) in [6.45, 7) is 8.11. The number of aryl methyl sites for hydroxylation is 1. The highest BCUT2D eigenvalue weighted by atomic mass is 32.1. The van der Waals surface area contributed by atoms with E-state index < -0.39 is 0 Å². The van der Waals surface area contributed by atoms with Crippen LogP contribution in [0.4, 0.5) is 0 Å². The van der Waals surface area contributed by atoms with Crippen molar-refractivity contribution in [2.24, 2.45) is 5.92 Å². The van der Waals surface area contributed by atoms with Crippen LogP contribution in [0.25, 0.3) is 0 Å². The number of aromatic nitrogens is 2. The number of ether oxygens (including phenoxy) is 1. The van der Waals surface area contributed by atoms with Crippen LogP contribution in [0, 0.1) is 12.8 Å². The molecule has 2 aliphatic heterocycles. The smallest absolute Gasteiger partial charge is 0.107 e. The Morgan fingerprint density at radius 1 is 1.31 bits per heavy atom. The van der Waals surface area contributed by atoms with E-state index in [1.807, 2.05) is 24.5 Å².